The van der Waals surface area contributed by atoms with Crippen molar-refractivity contribution < 1.29 is 9.59 Å². The minimum Gasteiger partial charge on any atom is -0.344 e. The van der Waals surface area contributed by atoms with E-state index in [0.717, 1.165) is 12.1 Å². The number of aromatic nitrogens is 1. The summed E-state index contributed by atoms with van der Waals surface area (Å²) in [4.78, 5) is 29.8. The third-order valence-corrected chi connectivity index (χ3v) is 3.33. The molecule has 2 amide bonds. The van der Waals surface area contributed by atoms with Crippen molar-refractivity contribution in [3.05, 3.63) is 30.1 Å². The van der Waals surface area contributed by atoms with Crippen LogP contribution in [0.1, 0.15) is 25.5 Å². The van der Waals surface area contributed by atoms with E-state index in [1.54, 1.807) is 11.1 Å². The number of nitrogens with zero attached hydrogens (tertiary/aromatic N) is 2. The maximum Gasteiger partial charge on any atom is 0.245 e. The van der Waals surface area contributed by atoms with Crippen LogP contribution in [-0.2, 0) is 16.0 Å². The van der Waals surface area contributed by atoms with Crippen LogP contribution in [0, 0.1) is 0 Å². The maximum atomic E-state index is 12.2. The lowest BCUT2D eigenvalue weighted by Gasteiger charge is -2.23. The number of pyridine rings is 1. The quantitative estimate of drug-likeness (QED) is 0.870. The van der Waals surface area contributed by atoms with Gasteiger partial charge in [0.2, 0.25) is 11.8 Å². The second-order valence-corrected chi connectivity index (χ2v) is 4.67. The van der Waals surface area contributed by atoms with Gasteiger partial charge in [-0.15, -0.1) is 0 Å². The number of nitrogens with one attached hydrogen (secondary N) is 1. The van der Waals surface area contributed by atoms with Gasteiger partial charge in [-0.1, -0.05) is 13.0 Å². The number of hydrogen-bond acceptors (Lipinski definition) is 3. The molecule has 1 N–H and O–H groups in total. The molecule has 1 aromatic rings. The lowest BCUT2D eigenvalue weighted by atomic mass is 10.2. The smallest absolute Gasteiger partial charge is 0.245 e. The number of amides is 2. The topological polar surface area (TPSA) is 62.3 Å². The van der Waals surface area contributed by atoms with Crippen molar-refractivity contribution in [3.8, 4) is 0 Å². The Kier molecular flexibility index (Phi) is 4.49. The SMILES string of the molecule is CCC1NC(=O)CCN(CCc2ccccn2)C1=O. The third-order valence-electron chi connectivity index (χ3n) is 3.33. The van der Waals surface area contributed by atoms with Crippen molar-refractivity contribution in [1.29, 1.82) is 0 Å². The largest absolute Gasteiger partial charge is 0.344 e. The molecule has 19 heavy (non-hydrogen) atoms. The molecule has 1 unspecified atom stereocenters. The Morgan fingerprint density at radius 3 is 2.95 bits per heavy atom. The fourth-order valence-electron chi connectivity index (χ4n) is 2.19. The molecule has 0 saturated carbocycles. The molecule has 2 rings (SSSR count). The van der Waals surface area contributed by atoms with Gasteiger partial charge in [0.25, 0.3) is 0 Å². The van der Waals surface area contributed by atoms with Crippen LogP contribution in [-0.4, -0.2) is 40.8 Å². The molecule has 1 atom stereocenters. The molecule has 0 aromatic carbocycles. The monoisotopic (exact) mass is 261 g/mol. The molecule has 102 valence electrons. The Balaban J connectivity index is 1.98. The van der Waals surface area contributed by atoms with Crippen LogP contribution in [0.5, 0.6) is 0 Å². The summed E-state index contributed by atoms with van der Waals surface area (Å²) in [6, 6.07) is 5.38. The van der Waals surface area contributed by atoms with Gasteiger partial charge >= 0.3 is 0 Å². The van der Waals surface area contributed by atoms with Crippen LogP contribution in [0.25, 0.3) is 0 Å². The van der Waals surface area contributed by atoms with E-state index in [-0.39, 0.29) is 17.9 Å². The summed E-state index contributed by atoms with van der Waals surface area (Å²) >= 11 is 0. The zero-order chi connectivity index (χ0) is 13.7. The summed E-state index contributed by atoms with van der Waals surface area (Å²) in [5.41, 5.74) is 0.965. The second kappa shape index (κ2) is 6.31. The summed E-state index contributed by atoms with van der Waals surface area (Å²) in [5.74, 6) is -0.0233. The Labute approximate surface area is 113 Å². The van der Waals surface area contributed by atoms with E-state index in [0.29, 0.717) is 25.9 Å². The van der Waals surface area contributed by atoms with Crippen LogP contribution in [0.4, 0.5) is 0 Å². The van der Waals surface area contributed by atoms with E-state index in [4.69, 9.17) is 0 Å². The molecular weight excluding hydrogens is 242 g/mol. The number of carbonyl (C=O) groups excluding carboxylic acids is 2. The van der Waals surface area contributed by atoms with Crippen LogP contribution < -0.4 is 5.32 Å². The highest BCUT2D eigenvalue weighted by Crippen LogP contribution is 2.07. The van der Waals surface area contributed by atoms with Crippen molar-refractivity contribution in [1.82, 2.24) is 15.2 Å². The molecule has 1 saturated heterocycles. The van der Waals surface area contributed by atoms with Crippen molar-refractivity contribution >= 4 is 11.8 Å². The molecule has 1 aliphatic heterocycles. The second-order valence-electron chi connectivity index (χ2n) is 4.67. The molecule has 5 heteroatoms. The van der Waals surface area contributed by atoms with Gasteiger partial charge in [-0.3, -0.25) is 14.6 Å². The standard InChI is InChI=1S/C14H19N3O2/c1-2-12-14(19)17(10-7-13(18)16-12)9-6-11-5-3-4-8-15-11/h3-5,8,12H,2,6-7,9-10H2,1H3,(H,16,18). The minimum atomic E-state index is -0.376. The Morgan fingerprint density at radius 2 is 2.26 bits per heavy atom. The number of hydrogen-bond donors (Lipinski definition) is 1. The molecule has 1 aromatic heterocycles. The van der Waals surface area contributed by atoms with Crippen LogP contribution in [0.3, 0.4) is 0 Å². The molecule has 0 radical (unpaired) electrons. The molecule has 1 aliphatic rings. The van der Waals surface area contributed by atoms with Crippen molar-refractivity contribution in [3.63, 3.8) is 0 Å². The van der Waals surface area contributed by atoms with Crippen molar-refractivity contribution in [2.75, 3.05) is 13.1 Å². The molecule has 0 aliphatic carbocycles. The van der Waals surface area contributed by atoms with E-state index < -0.39 is 0 Å². The summed E-state index contributed by atoms with van der Waals surface area (Å²) in [6.45, 7) is 3.01. The Hall–Kier alpha value is -1.91. The Bertz CT molecular complexity index is 447. The summed E-state index contributed by atoms with van der Waals surface area (Å²) in [6.07, 6.45) is 3.48. The molecule has 2 heterocycles. The van der Waals surface area contributed by atoms with E-state index >= 15 is 0 Å². The number of carbonyl (C=O) groups is 2. The predicted octanol–water partition coefficient (Wildman–Crippen LogP) is 0.751. The van der Waals surface area contributed by atoms with Gasteiger partial charge < -0.3 is 10.2 Å². The third kappa shape index (κ3) is 3.53. The highest BCUT2D eigenvalue weighted by atomic mass is 16.2. The van der Waals surface area contributed by atoms with Gasteiger partial charge in [-0.25, -0.2) is 0 Å². The van der Waals surface area contributed by atoms with Gasteiger partial charge in [-0.05, 0) is 18.6 Å². The first-order valence-electron chi connectivity index (χ1n) is 6.68. The lowest BCUT2D eigenvalue weighted by molar-refractivity contribution is -0.133. The van der Waals surface area contributed by atoms with E-state index in [1.807, 2.05) is 25.1 Å². The zero-order valence-electron chi connectivity index (χ0n) is 11.1. The van der Waals surface area contributed by atoms with E-state index in [2.05, 4.69) is 10.3 Å². The van der Waals surface area contributed by atoms with Crippen molar-refractivity contribution in [2.24, 2.45) is 0 Å². The van der Waals surface area contributed by atoms with Gasteiger partial charge in [0.15, 0.2) is 0 Å². The zero-order valence-corrected chi connectivity index (χ0v) is 11.1. The average Bonchev–Trinajstić information content (AvgIpc) is 2.58. The molecule has 0 spiro atoms. The van der Waals surface area contributed by atoms with Gasteiger partial charge in [0.1, 0.15) is 6.04 Å². The molecule has 0 bridgehead atoms. The summed E-state index contributed by atoms with van der Waals surface area (Å²) in [7, 11) is 0. The molecular formula is C14H19N3O2. The van der Waals surface area contributed by atoms with Gasteiger partial charge in [0, 0.05) is 37.8 Å². The first kappa shape index (κ1) is 13.5. The Morgan fingerprint density at radius 1 is 1.42 bits per heavy atom. The first-order chi connectivity index (χ1) is 9.20. The van der Waals surface area contributed by atoms with Crippen LogP contribution in [0.2, 0.25) is 0 Å². The highest BCUT2D eigenvalue weighted by Gasteiger charge is 2.28. The normalized spacial score (nSPS) is 20.1. The average molecular weight is 261 g/mol. The van der Waals surface area contributed by atoms with Gasteiger partial charge in [0.05, 0.1) is 0 Å². The maximum absolute atomic E-state index is 12.2. The molecule has 5 nitrogen and oxygen atoms in total. The van der Waals surface area contributed by atoms with Crippen molar-refractivity contribution in [2.45, 2.75) is 32.2 Å². The summed E-state index contributed by atoms with van der Waals surface area (Å²) in [5, 5.41) is 2.76. The van der Waals surface area contributed by atoms with Crippen LogP contribution >= 0.6 is 0 Å². The summed E-state index contributed by atoms with van der Waals surface area (Å²) < 4.78 is 0. The predicted molar refractivity (Wildman–Crippen MR) is 71.4 cm³/mol. The number of rotatable bonds is 4. The first-order valence-corrected chi connectivity index (χ1v) is 6.68. The lowest BCUT2D eigenvalue weighted by Crippen LogP contribution is -2.44. The minimum absolute atomic E-state index is 0.0179. The fourth-order valence-corrected chi connectivity index (χ4v) is 2.19. The fraction of sp³-hybridized carbons (Fsp3) is 0.500. The van der Waals surface area contributed by atoms with E-state index in [9.17, 15) is 9.59 Å². The molecule has 1 fully saturated rings. The van der Waals surface area contributed by atoms with Gasteiger partial charge in [-0.2, -0.15) is 0 Å². The van der Waals surface area contributed by atoms with Crippen LogP contribution in [0.15, 0.2) is 24.4 Å². The highest BCUT2D eigenvalue weighted by molar-refractivity contribution is 5.89. The van der Waals surface area contributed by atoms with E-state index in [1.165, 1.54) is 0 Å².